The van der Waals surface area contributed by atoms with Crippen LogP contribution >= 0.6 is 0 Å². The predicted molar refractivity (Wildman–Crippen MR) is 160 cm³/mol. The highest BCUT2D eigenvalue weighted by atomic mass is 15.6. The molecule has 0 spiro atoms. The Kier molecular flexibility index (Phi) is 8.72. The zero-order valence-corrected chi connectivity index (χ0v) is 23.2. The molecule has 3 aromatic carbocycles. The van der Waals surface area contributed by atoms with E-state index in [4.69, 9.17) is 0 Å². The molecular weight excluding hydrogens is 494 g/mol. The molecule has 0 bridgehead atoms. The van der Waals surface area contributed by atoms with Crippen molar-refractivity contribution in [3.05, 3.63) is 120 Å². The maximum Gasteiger partial charge on any atom is 0.173 e. The minimum Gasteiger partial charge on any atom is -0.299 e. The van der Waals surface area contributed by atoms with Crippen LogP contribution in [0.4, 0.5) is 0 Å². The summed E-state index contributed by atoms with van der Waals surface area (Å²) in [6.45, 7) is 8.13. The van der Waals surface area contributed by atoms with Crippen molar-refractivity contribution >= 4 is 6.08 Å². The first kappa shape index (κ1) is 26.6. The van der Waals surface area contributed by atoms with Crippen LogP contribution in [0.3, 0.4) is 0 Å². The van der Waals surface area contributed by atoms with E-state index in [0.29, 0.717) is 6.04 Å². The molecule has 7 heteroatoms. The third-order valence-corrected chi connectivity index (χ3v) is 8.28. The first-order chi connectivity index (χ1) is 19.8. The molecule has 6 rings (SSSR count). The normalized spacial score (nSPS) is 18.8. The fourth-order valence-corrected chi connectivity index (χ4v) is 6.07. The molecule has 3 heterocycles. The number of piperidine rings is 1. The number of hydrogen-bond donors (Lipinski definition) is 0. The van der Waals surface area contributed by atoms with Crippen molar-refractivity contribution in [2.24, 2.45) is 0 Å². The molecule has 7 nitrogen and oxygen atoms in total. The predicted octanol–water partition coefficient (Wildman–Crippen LogP) is 4.93. The highest BCUT2D eigenvalue weighted by molar-refractivity contribution is 5.48. The number of nitrogens with zero attached hydrogens (tertiary/aromatic N) is 7. The fraction of sp³-hybridized carbons (Fsp3) is 0.364. The number of hydrogen-bond acceptors (Lipinski definition) is 6. The number of tetrazole rings is 1. The van der Waals surface area contributed by atoms with Crippen LogP contribution in [0.15, 0.2) is 97.1 Å². The standard InChI is InChI=1S/C33H39N7/c1-4-11-28(12-5-1)15-10-20-37-23-25-39(26-24-37)32(30-16-8-3-9-17-30)33-34-35-36-40(33)31-18-21-38(22-19-31)27-29-13-6-2-7-14-29/h1-17,31-32H,18-27H2/b15-10+/t32-/m1/s1. The second-order valence-corrected chi connectivity index (χ2v) is 10.9. The summed E-state index contributed by atoms with van der Waals surface area (Å²) in [7, 11) is 0. The van der Waals surface area contributed by atoms with E-state index in [2.05, 4.69) is 138 Å². The van der Waals surface area contributed by atoms with E-state index in [1.165, 1.54) is 16.7 Å². The summed E-state index contributed by atoms with van der Waals surface area (Å²) in [5.41, 5.74) is 3.89. The molecule has 206 valence electrons. The van der Waals surface area contributed by atoms with Crippen molar-refractivity contribution in [2.75, 3.05) is 45.8 Å². The van der Waals surface area contributed by atoms with Gasteiger partial charge in [0.1, 0.15) is 0 Å². The Morgan fingerprint density at radius 1 is 0.725 bits per heavy atom. The van der Waals surface area contributed by atoms with Gasteiger partial charge in [-0.3, -0.25) is 14.7 Å². The summed E-state index contributed by atoms with van der Waals surface area (Å²) in [6, 6.07) is 32.5. The van der Waals surface area contributed by atoms with Crippen LogP contribution in [0.5, 0.6) is 0 Å². The Balaban J connectivity index is 1.12. The van der Waals surface area contributed by atoms with Gasteiger partial charge in [0.15, 0.2) is 5.82 Å². The molecule has 0 unspecified atom stereocenters. The van der Waals surface area contributed by atoms with Gasteiger partial charge in [0.2, 0.25) is 0 Å². The smallest absolute Gasteiger partial charge is 0.173 e. The van der Waals surface area contributed by atoms with Crippen molar-refractivity contribution in [2.45, 2.75) is 31.5 Å². The Labute approximate surface area is 237 Å². The Morgan fingerprint density at radius 3 is 2.08 bits per heavy atom. The SMILES string of the molecule is C(=C\c1ccccc1)/CN1CCN([C@H](c2ccccc2)c2nnnn2C2CCN(Cc3ccccc3)CC2)CC1. The van der Waals surface area contributed by atoms with Crippen LogP contribution < -0.4 is 0 Å². The molecular formula is C33H39N7. The number of aromatic nitrogens is 4. The highest BCUT2D eigenvalue weighted by Gasteiger charge is 2.33. The van der Waals surface area contributed by atoms with Crippen LogP contribution in [0, 0.1) is 0 Å². The monoisotopic (exact) mass is 533 g/mol. The zero-order valence-electron chi connectivity index (χ0n) is 23.2. The molecule has 0 saturated carbocycles. The van der Waals surface area contributed by atoms with Gasteiger partial charge < -0.3 is 0 Å². The van der Waals surface area contributed by atoms with E-state index in [9.17, 15) is 0 Å². The summed E-state index contributed by atoms with van der Waals surface area (Å²) in [4.78, 5) is 7.65. The third kappa shape index (κ3) is 6.55. The average molecular weight is 534 g/mol. The summed E-state index contributed by atoms with van der Waals surface area (Å²) in [5, 5.41) is 13.4. The quantitative estimate of drug-likeness (QED) is 0.304. The number of piperazine rings is 1. The first-order valence-electron chi connectivity index (χ1n) is 14.6. The summed E-state index contributed by atoms with van der Waals surface area (Å²) < 4.78 is 2.15. The van der Waals surface area contributed by atoms with Gasteiger partial charge in [-0.1, -0.05) is 103 Å². The molecule has 2 aliphatic heterocycles. The van der Waals surface area contributed by atoms with Gasteiger partial charge >= 0.3 is 0 Å². The average Bonchev–Trinajstić information content (AvgIpc) is 3.49. The van der Waals surface area contributed by atoms with E-state index >= 15 is 0 Å². The van der Waals surface area contributed by atoms with Gasteiger partial charge in [0.05, 0.1) is 12.1 Å². The number of benzene rings is 3. The summed E-state index contributed by atoms with van der Waals surface area (Å²) in [6.07, 6.45) is 6.63. The molecule has 4 aromatic rings. The maximum absolute atomic E-state index is 4.65. The fourth-order valence-electron chi connectivity index (χ4n) is 6.07. The van der Waals surface area contributed by atoms with Gasteiger partial charge in [-0.15, -0.1) is 5.10 Å². The first-order valence-corrected chi connectivity index (χ1v) is 14.6. The Morgan fingerprint density at radius 2 is 1.38 bits per heavy atom. The maximum atomic E-state index is 4.65. The van der Waals surface area contributed by atoms with Crippen LogP contribution in [0.25, 0.3) is 6.08 Å². The lowest BCUT2D eigenvalue weighted by molar-refractivity contribution is 0.108. The highest BCUT2D eigenvalue weighted by Crippen LogP contribution is 2.32. The van der Waals surface area contributed by atoms with E-state index < -0.39 is 0 Å². The molecule has 0 radical (unpaired) electrons. The zero-order chi connectivity index (χ0) is 27.0. The van der Waals surface area contributed by atoms with Crippen molar-refractivity contribution in [1.82, 2.24) is 34.9 Å². The summed E-state index contributed by atoms with van der Waals surface area (Å²) in [5.74, 6) is 0.977. The van der Waals surface area contributed by atoms with Crippen molar-refractivity contribution < 1.29 is 0 Å². The lowest BCUT2D eigenvalue weighted by Crippen LogP contribution is -2.48. The van der Waals surface area contributed by atoms with Crippen LogP contribution in [0.2, 0.25) is 0 Å². The lowest BCUT2D eigenvalue weighted by Gasteiger charge is -2.39. The molecule has 2 saturated heterocycles. The third-order valence-electron chi connectivity index (χ3n) is 8.28. The van der Waals surface area contributed by atoms with E-state index in [-0.39, 0.29) is 6.04 Å². The molecule has 0 N–H and O–H groups in total. The van der Waals surface area contributed by atoms with Crippen LogP contribution in [-0.2, 0) is 6.54 Å². The van der Waals surface area contributed by atoms with Crippen LogP contribution in [-0.4, -0.2) is 80.7 Å². The molecule has 0 amide bonds. The van der Waals surface area contributed by atoms with Gasteiger partial charge in [-0.2, -0.15) is 0 Å². The van der Waals surface area contributed by atoms with Gasteiger partial charge in [0.25, 0.3) is 0 Å². The second-order valence-electron chi connectivity index (χ2n) is 10.9. The Hall–Kier alpha value is -3.65. The minimum absolute atomic E-state index is 0.0561. The molecule has 1 aromatic heterocycles. The minimum atomic E-state index is 0.0561. The van der Waals surface area contributed by atoms with Gasteiger partial charge in [0, 0.05) is 52.4 Å². The number of likely N-dealkylation sites (tertiary alicyclic amines) is 1. The van der Waals surface area contributed by atoms with Crippen molar-refractivity contribution in [1.29, 1.82) is 0 Å². The van der Waals surface area contributed by atoms with E-state index in [1.807, 2.05) is 0 Å². The van der Waals surface area contributed by atoms with Gasteiger partial charge in [-0.25, -0.2) is 4.68 Å². The van der Waals surface area contributed by atoms with Crippen molar-refractivity contribution in [3.63, 3.8) is 0 Å². The summed E-state index contributed by atoms with van der Waals surface area (Å²) >= 11 is 0. The topological polar surface area (TPSA) is 53.3 Å². The molecule has 40 heavy (non-hydrogen) atoms. The van der Waals surface area contributed by atoms with E-state index in [0.717, 1.165) is 71.0 Å². The van der Waals surface area contributed by atoms with E-state index in [1.54, 1.807) is 0 Å². The Bertz CT molecular complexity index is 1320. The lowest BCUT2D eigenvalue weighted by atomic mass is 10.0. The largest absolute Gasteiger partial charge is 0.299 e. The van der Waals surface area contributed by atoms with Crippen molar-refractivity contribution in [3.8, 4) is 0 Å². The second kappa shape index (κ2) is 13.1. The molecule has 1 atom stereocenters. The molecule has 2 aliphatic rings. The van der Waals surface area contributed by atoms with Crippen LogP contribution in [0.1, 0.15) is 47.4 Å². The molecule has 0 aliphatic carbocycles. The number of rotatable bonds is 9. The van der Waals surface area contributed by atoms with Gasteiger partial charge in [-0.05, 0) is 40.0 Å². The molecule has 2 fully saturated rings.